The highest BCUT2D eigenvalue weighted by atomic mass is 19.4. The number of halogens is 5. The topological polar surface area (TPSA) is 41.6 Å². The monoisotopic (exact) mass is 318 g/mol. The molecule has 0 aromatic carbocycles. The van der Waals surface area contributed by atoms with Gasteiger partial charge in [-0.15, -0.1) is 0 Å². The molecular weight excluding hydrogens is 299 g/mol. The normalized spacial score (nSPS) is 21.3. The van der Waals surface area contributed by atoms with E-state index in [0.29, 0.717) is 6.54 Å². The number of alkyl halides is 5. The molecule has 0 aliphatic carbocycles. The lowest BCUT2D eigenvalue weighted by molar-refractivity contribution is -0.288. The summed E-state index contributed by atoms with van der Waals surface area (Å²) in [7, 11) is 0. The Morgan fingerprint density at radius 3 is 2.29 bits per heavy atom. The molecular formula is C12H19F5N2O2. The number of ether oxygens (including phenoxy) is 1. The Bertz CT molecular complexity index is 379. The van der Waals surface area contributed by atoms with Crippen molar-refractivity contribution in [3.8, 4) is 0 Å². The fourth-order valence-corrected chi connectivity index (χ4v) is 1.92. The maximum Gasteiger partial charge on any atom is 0.453 e. The van der Waals surface area contributed by atoms with Crippen LogP contribution in [0.1, 0.15) is 27.2 Å². The molecule has 9 heteroatoms. The molecule has 1 aliphatic heterocycles. The van der Waals surface area contributed by atoms with Crippen LogP contribution in [-0.4, -0.2) is 54.4 Å². The van der Waals surface area contributed by atoms with Crippen molar-refractivity contribution < 1.29 is 31.5 Å². The highest BCUT2D eigenvalue weighted by Crippen LogP contribution is 2.39. The molecule has 1 atom stereocenters. The van der Waals surface area contributed by atoms with E-state index in [0.717, 1.165) is 4.90 Å². The summed E-state index contributed by atoms with van der Waals surface area (Å²) in [4.78, 5) is 12.8. The van der Waals surface area contributed by atoms with E-state index in [1.54, 1.807) is 20.8 Å². The van der Waals surface area contributed by atoms with Gasteiger partial charge in [-0.05, 0) is 20.8 Å². The molecule has 1 saturated heterocycles. The minimum Gasteiger partial charge on any atom is -0.444 e. The van der Waals surface area contributed by atoms with E-state index in [1.807, 2.05) is 0 Å². The quantitative estimate of drug-likeness (QED) is 0.796. The molecule has 1 heterocycles. The summed E-state index contributed by atoms with van der Waals surface area (Å²) in [5, 5.41) is 2.71. The van der Waals surface area contributed by atoms with Gasteiger partial charge in [0.05, 0.1) is 6.04 Å². The number of hydrogen-bond acceptors (Lipinski definition) is 3. The second kappa shape index (κ2) is 5.94. The molecule has 1 aliphatic rings. The lowest BCUT2D eigenvalue weighted by Crippen LogP contribution is -2.57. The van der Waals surface area contributed by atoms with Gasteiger partial charge in [-0.3, -0.25) is 0 Å². The van der Waals surface area contributed by atoms with Crippen molar-refractivity contribution >= 4 is 6.09 Å². The Morgan fingerprint density at radius 1 is 1.24 bits per heavy atom. The molecule has 1 rings (SSSR count). The fraction of sp³-hybridized carbons (Fsp3) is 0.917. The molecule has 4 nitrogen and oxygen atoms in total. The van der Waals surface area contributed by atoms with Gasteiger partial charge in [0.1, 0.15) is 5.60 Å². The summed E-state index contributed by atoms with van der Waals surface area (Å²) >= 11 is 0. The second-order valence-corrected chi connectivity index (χ2v) is 5.94. The molecule has 1 fully saturated rings. The molecule has 0 aromatic heterocycles. The highest BCUT2D eigenvalue weighted by molar-refractivity contribution is 5.68. The second-order valence-electron chi connectivity index (χ2n) is 5.94. The van der Waals surface area contributed by atoms with E-state index in [9.17, 15) is 26.7 Å². The first-order valence-electron chi connectivity index (χ1n) is 6.48. The summed E-state index contributed by atoms with van der Waals surface area (Å²) in [5.74, 6) is -4.85. The van der Waals surface area contributed by atoms with Crippen LogP contribution in [0.5, 0.6) is 0 Å². The van der Waals surface area contributed by atoms with Crippen molar-refractivity contribution in [3.63, 3.8) is 0 Å². The Hall–Kier alpha value is -1.12. The van der Waals surface area contributed by atoms with Crippen LogP contribution in [0.3, 0.4) is 0 Å². The highest BCUT2D eigenvalue weighted by Gasteiger charge is 2.58. The van der Waals surface area contributed by atoms with Crippen LogP contribution in [0.15, 0.2) is 0 Å². The van der Waals surface area contributed by atoms with Crippen molar-refractivity contribution in [3.05, 3.63) is 0 Å². The van der Waals surface area contributed by atoms with Crippen molar-refractivity contribution in [2.45, 2.75) is 50.9 Å². The number of piperazine rings is 1. The largest absolute Gasteiger partial charge is 0.453 e. The number of rotatable bonds is 2. The number of amides is 1. The molecule has 0 radical (unpaired) electrons. The zero-order valence-corrected chi connectivity index (χ0v) is 12.1. The molecule has 0 saturated carbocycles. The zero-order valence-electron chi connectivity index (χ0n) is 12.1. The third-order valence-electron chi connectivity index (χ3n) is 2.88. The van der Waals surface area contributed by atoms with Gasteiger partial charge in [0, 0.05) is 26.1 Å². The maximum absolute atomic E-state index is 13.2. The summed E-state index contributed by atoms with van der Waals surface area (Å²) in [5.41, 5.74) is -0.848. The van der Waals surface area contributed by atoms with Gasteiger partial charge in [-0.2, -0.15) is 22.0 Å². The van der Waals surface area contributed by atoms with Gasteiger partial charge in [0.25, 0.3) is 0 Å². The number of carbonyl (C=O) groups is 1. The van der Waals surface area contributed by atoms with E-state index in [2.05, 4.69) is 5.32 Å². The van der Waals surface area contributed by atoms with Gasteiger partial charge in [-0.1, -0.05) is 0 Å². The van der Waals surface area contributed by atoms with E-state index < -0.39 is 36.3 Å². The number of hydrogen-bond donors (Lipinski definition) is 1. The predicted octanol–water partition coefficient (Wildman–Crippen LogP) is 2.78. The standard InChI is InChI=1S/C12H19F5N2O2/c1-10(2,3)21-9(20)19-5-4-18-7-8(19)6-11(13,14)12(15,16)17/h8,18H,4-7H2,1-3H3. The minimum absolute atomic E-state index is 0.0213. The summed E-state index contributed by atoms with van der Waals surface area (Å²) in [6.07, 6.45) is -8.00. The molecule has 0 aromatic rings. The minimum atomic E-state index is -5.63. The summed E-state index contributed by atoms with van der Waals surface area (Å²) in [6.45, 7) is 4.97. The molecule has 21 heavy (non-hydrogen) atoms. The first kappa shape index (κ1) is 17.9. The summed E-state index contributed by atoms with van der Waals surface area (Å²) in [6, 6.07) is -1.27. The van der Waals surface area contributed by atoms with Crippen molar-refractivity contribution in [1.29, 1.82) is 0 Å². The number of nitrogens with one attached hydrogen (secondary N) is 1. The van der Waals surface area contributed by atoms with Crippen LogP contribution < -0.4 is 5.32 Å². The lowest BCUT2D eigenvalue weighted by atomic mass is 10.0. The Balaban J connectivity index is 2.81. The molecule has 0 spiro atoms. The van der Waals surface area contributed by atoms with Crippen molar-refractivity contribution in [2.75, 3.05) is 19.6 Å². The predicted molar refractivity (Wildman–Crippen MR) is 65.2 cm³/mol. The first-order chi connectivity index (χ1) is 9.33. The van der Waals surface area contributed by atoms with E-state index in [1.165, 1.54) is 0 Å². The van der Waals surface area contributed by atoms with Crippen LogP contribution in [0, 0.1) is 0 Å². The molecule has 1 amide bonds. The molecule has 1 N–H and O–H groups in total. The number of carbonyl (C=O) groups excluding carboxylic acids is 1. The van der Waals surface area contributed by atoms with Crippen LogP contribution in [0.25, 0.3) is 0 Å². The van der Waals surface area contributed by atoms with Crippen molar-refractivity contribution in [1.82, 2.24) is 10.2 Å². The van der Waals surface area contributed by atoms with E-state index >= 15 is 0 Å². The average molecular weight is 318 g/mol. The maximum atomic E-state index is 13.2. The SMILES string of the molecule is CC(C)(C)OC(=O)N1CCNCC1CC(F)(F)C(F)(F)F. The summed E-state index contributed by atoms with van der Waals surface area (Å²) < 4.78 is 68.2. The van der Waals surface area contributed by atoms with Crippen molar-refractivity contribution in [2.24, 2.45) is 0 Å². The molecule has 124 valence electrons. The molecule has 1 unspecified atom stereocenters. The van der Waals surface area contributed by atoms with Gasteiger partial charge >= 0.3 is 18.2 Å². The smallest absolute Gasteiger partial charge is 0.444 e. The van der Waals surface area contributed by atoms with Crippen LogP contribution in [-0.2, 0) is 4.74 Å². The third-order valence-corrected chi connectivity index (χ3v) is 2.88. The van der Waals surface area contributed by atoms with Gasteiger partial charge in [-0.25, -0.2) is 4.79 Å². The number of nitrogens with zero attached hydrogens (tertiary/aromatic N) is 1. The first-order valence-corrected chi connectivity index (χ1v) is 6.48. The van der Waals surface area contributed by atoms with Gasteiger partial charge < -0.3 is 15.0 Å². The Morgan fingerprint density at radius 2 is 1.81 bits per heavy atom. The lowest BCUT2D eigenvalue weighted by Gasteiger charge is -2.38. The fourth-order valence-electron chi connectivity index (χ4n) is 1.92. The molecule has 0 bridgehead atoms. The zero-order chi connectivity index (χ0) is 16.5. The van der Waals surface area contributed by atoms with Gasteiger partial charge in [0.2, 0.25) is 0 Å². The Labute approximate surface area is 119 Å². The van der Waals surface area contributed by atoms with Crippen LogP contribution in [0.2, 0.25) is 0 Å². The Kier molecular flexibility index (Phi) is 5.07. The van der Waals surface area contributed by atoms with Crippen LogP contribution in [0.4, 0.5) is 26.7 Å². The van der Waals surface area contributed by atoms with E-state index in [4.69, 9.17) is 4.74 Å². The van der Waals surface area contributed by atoms with Gasteiger partial charge in [0.15, 0.2) is 0 Å². The van der Waals surface area contributed by atoms with Crippen LogP contribution >= 0.6 is 0 Å². The third kappa shape index (κ3) is 4.98. The average Bonchev–Trinajstić information content (AvgIpc) is 2.25. The van der Waals surface area contributed by atoms with E-state index in [-0.39, 0.29) is 13.1 Å².